The minimum atomic E-state index is -0.0272. The lowest BCUT2D eigenvalue weighted by Crippen LogP contribution is -2.38. The number of amides is 1. The number of rotatable bonds is 2. The zero-order valence-electron chi connectivity index (χ0n) is 9.63. The van der Waals surface area contributed by atoms with Gasteiger partial charge in [-0.3, -0.25) is 4.79 Å². The van der Waals surface area contributed by atoms with Crippen LogP contribution in [0.15, 0.2) is 35.7 Å². The third-order valence-corrected chi connectivity index (χ3v) is 3.68. The Morgan fingerprint density at radius 2 is 2.28 bits per heavy atom. The zero-order chi connectivity index (χ0) is 12.5. The Hall–Kier alpha value is -2.01. The van der Waals surface area contributed by atoms with Gasteiger partial charge in [0.05, 0.1) is 12.2 Å². The molecule has 0 aliphatic carbocycles. The van der Waals surface area contributed by atoms with Crippen molar-refractivity contribution >= 4 is 28.6 Å². The van der Waals surface area contributed by atoms with Crippen LogP contribution in [-0.2, 0) is 11.3 Å². The lowest BCUT2D eigenvalue weighted by Gasteiger charge is -2.29. The fraction of sp³-hybridized carbons (Fsp3) is 0.154. The number of benzene rings is 1. The maximum absolute atomic E-state index is 11.9. The minimum Gasteiger partial charge on any atom is -0.481 e. The van der Waals surface area contributed by atoms with Crippen LogP contribution in [0.25, 0.3) is 0 Å². The number of nitrogens with zero attached hydrogens (tertiary/aromatic N) is 1. The number of fused-ring (bicyclic) bond motifs is 1. The number of hydrogen-bond acceptors (Lipinski definition) is 4. The van der Waals surface area contributed by atoms with Gasteiger partial charge < -0.3 is 15.4 Å². The van der Waals surface area contributed by atoms with Crippen LogP contribution in [0.2, 0.25) is 0 Å². The van der Waals surface area contributed by atoms with E-state index in [0.29, 0.717) is 18.0 Å². The molecule has 0 bridgehead atoms. The maximum atomic E-state index is 11.9. The first-order chi connectivity index (χ1) is 8.74. The molecule has 1 aromatic carbocycles. The van der Waals surface area contributed by atoms with Gasteiger partial charge in [-0.2, -0.15) is 0 Å². The molecule has 3 rings (SSSR count). The molecule has 1 aromatic heterocycles. The van der Waals surface area contributed by atoms with Gasteiger partial charge in [0, 0.05) is 16.6 Å². The average Bonchev–Trinajstić information content (AvgIpc) is 2.86. The van der Waals surface area contributed by atoms with Crippen LogP contribution in [0.1, 0.15) is 4.88 Å². The number of hydrogen-bond donors (Lipinski definition) is 1. The van der Waals surface area contributed by atoms with E-state index < -0.39 is 0 Å². The summed E-state index contributed by atoms with van der Waals surface area (Å²) in [6.07, 6.45) is 0. The Morgan fingerprint density at radius 1 is 1.39 bits per heavy atom. The number of carbonyl (C=O) groups excluding carboxylic acids is 1. The molecule has 2 N–H and O–H groups in total. The van der Waals surface area contributed by atoms with Gasteiger partial charge in [-0.1, -0.05) is 6.07 Å². The van der Waals surface area contributed by atoms with Crippen molar-refractivity contribution in [2.45, 2.75) is 6.54 Å². The predicted molar refractivity (Wildman–Crippen MR) is 71.9 cm³/mol. The number of thiophene rings is 1. The van der Waals surface area contributed by atoms with Crippen LogP contribution in [-0.4, -0.2) is 12.5 Å². The topological polar surface area (TPSA) is 55.6 Å². The van der Waals surface area contributed by atoms with E-state index in [1.807, 2.05) is 23.6 Å². The van der Waals surface area contributed by atoms with Crippen LogP contribution in [0.3, 0.4) is 0 Å². The molecule has 18 heavy (non-hydrogen) atoms. The second-order valence-corrected chi connectivity index (χ2v) is 5.11. The molecule has 0 saturated carbocycles. The molecule has 1 aliphatic heterocycles. The SMILES string of the molecule is Nc1ccc2c(c1)OCC(=O)N2Cc1cccs1. The van der Waals surface area contributed by atoms with Crippen molar-refractivity contribution < 1.29 is 9.53 Å². The largest absolute Gasteiger partial charge is 0.481 e. The summed E-state index contributed by atoms with van der Waals surface area (Å²) in [5.41, 5.74) is 7.14. The van der Waals surface area contributed by atoms with Gasteiger partial charge in [0.1, 0.15) is 5.75 Å². The molecule has 0 saturated heterocycles. The van der Waals surface area contributed by atoms with E-state index in [0.717, 1.165) is 10.6 Å². The van der Waals surface area contributed by atoms with Gasteiger partial charge in [0.25, 0.3) is 5.91 Å². The van der Waals surface area contributed by atoms with Crippen molar-refractivity contribution in [3.8, 4) is 5.75 Å². The van der Waals surface area contributed by atoms with Gasteiger partial charge in [-0.25, -0.2) is 0 Å². The summed E-state index contributed by atoms with van der Waals surface area (Å²) in [6, 6.07) is 9.36. The molecule has 0 unspecified atom stereocenters. The number of nitrogens with two attached hydrogens (primary N) is 1. The monoisotopic (exact) mass is 260 g/mol. The normalized spacial score (nSPS) is 14.2. The van der Waals surface area contributed by atoms with Crippen molar-refractivity contribution in [1.29, 1.82) is 0 Å². The summed E-state index contributed by atoms with van der Waals surface area (Å²) in [7, 11) is 0. The summed E-state index contributed by atoms with van der Waals surface area (Å²) < 4.78 is 5.40. The molecule has 92 valence electrons. The van der Waals surface area contributed by atoms with Gasteiger partial charge >= 0.3 is 0 Å². The first kappa shape index (κ1) is 11.1. The summed E-state index contributed by atoms with van der Waals surface area (Å²) in [4.78, 5) is 14.8. The number of carbonyl (C=O) groups is 1. The Morgan fingerprint density at radius 3 is 3.06 bits per heavy atom. The zero-order valence-corrected chi connectivity index (χ0v) is 10.4. The van der Waals surface area contributed by atoms with Crippen molar-refractivity contribution in [2.24, 2.45) is 0 Å². The lowest BCUT2D eigenvalue weighted by atomic mass is 10.2. The number of anilines is 2. The molecule has 2 heterocycles. The van der Waals surface area contributed by atoms with E-state index in [1.54, 1.807) is 28.4 Å². The molecular formula is C13H12N2O2S. The van der Waals surface area contributed by atoms with Crippen molar-refractivity contribution in [2.75, 3.05) is 17.2 Å². The molecule has 0 atom stereocenters. The highest BCUT2D eigenvalue weighted by atomic mass is 32.1. The van der Waals surface area contributed by atoms with E-state index in [1.165, 1.54) is 0 Å². The quantitative estimate of drug-likeness (QED) is 0.843. The second-order valence-electron chi connectivity index (χ2n) is 4.08. The van der Waals surface area contributed by atoms with E-state index >= 15 is 0 Å². The third kappa shape index (κ3) is 1.93. The van der Waals surface area contributed by atoms with Gasteiger partial charge in [-0.05, 0) is 23.6 Å². The molecule has 0 spiro atoms. The van der Waals surface area contributed by atoms with E-state index in [9.17, 15) is 4.79 Å². The summed E-state index contributed by atoms with van der Waals surface area (Å²) in [5, 5.41) is 2.00. The summed E-state index contributed by atoms with van der Waals surface area (Å²) in [5.74, 6) is 0.645. The molecule has 1 aliphatic rings. The van der Waals surface area contributed by atoms with Crippen molar-refractivity contribution in [3.63, 3.8) is 0 Å². The Labute approximate surface area is 109 Å². The predicted octanol–water partition coefficient (Wildman–Crippen LogP) is 2.26. The maximum Gasteiger partial charge on any atom is 0.265 e. The fourth-order valence-corrected chi connectivity index (χ4v) is 2.65. The Bertz CT molecular complexity index is 581. The molecule has 4 nitrogen and oxygen atoms in total. The molecule has 0 fully saturated rings. The first-order valence-electron chi connectivity index (χ1n) is 5.59. The Kier molecular flexibility index (Phi) is 2.68. The number of nitrogen functional groups attached to an aromatic ring is 1. The highest BCUT2D eigenvalue weighted by Gasteiger charge is 2.25. The van der Waals surface area contributed by atoms with Gasteiger partial charge in [0.2, 0.25) is 0 Å². The van der Waals surface area contributed by atoms with Crippen LogP contribution in [0, 0.1) is 0 Å². The highest BCUT2D eigenvalue weighted by molar-refractivity contribution is 7.09. The summed E-state index contributed by atoms with van der Waals surface area (Å²) in [6.45, 7) is 0.651. The molecular weight excluding hydrogens is 248 g/mol. The smallest absolute Gasteiger partial charge is 0.265 e. The van der Waals surface area contributed by atoms with Crippen LogP contribution in [0.5, 0.6) is 5.75 Å². The fourth-order valence-electron chi connectivity index (χ4n) is 1.95. The van der Waals surface area contributed by atoms with Crippen molar-refractivity contribution in [1.82, 2.24) is 0 Å². The molecule has 5 heteroatoms. The van der Waals surface area contributed by atoms with Crippen LogP contribution in [0.4, 0.5) is 11.4 Å². The molecule has 1 amide bonds. The highest BCUT2D eigenvalue weighted by Crippen LogP contribution is 2.34. The van der Waals surface area contributed by atoms with E-state index in [-0.39, 0.29) is 12.5 Å². The molecule has 2 aromatic rings. The van der Waals surface area contributed by atoms with Crippen LogP contribution >= 0.6 is 11.3 Å². The second kappa shape index (κ2) is 4.34. The van der Waals surface area contributed by atoms with Gasteiger partial charge in [-0.15, -0.1) is 11.3 Å². The Balaban J connectivity index is 1.96. The summed E-state index contributed by atoms with van der Waals surface area (Å²) >= 11 is 1.64. The van der Waals surface area contributed by atoms with Crippen molar-refractivity contribution in [3.05, 3.63) is 40.6 Å². The molecule has 0 radical (unpaired) electrons. The average molecular weight is 260 g/mol. The van der Waals surface area contributed by atoms with E-state index in [4.69, 9.17) is 10.5 Å². The van der Waals surface area contributed by atoms with Crippen LogP contribution < -0.4 is 15.4 Å². The minimum absolute atomic E-state index is 0.0272. The number of ether oxygens (including phenoxy) is 1. The first-order valence-corrected chi connectivity index (χ1v) is 6.47. The standard InChI is InChI=1S/C13H12N2O2S/c14-9-3-4-11-12(6-9)17-8-13(16)15(11)7-10-2-1-5-18-10/h1-6H,7-8,14H2. The third-order valence-electron chi connectivity index (χ3n) is 2.82. The van der Waals surface area contributed by atoms with Gasteiger partial charge in [0.15, 0.2) is 6.61 Å². The van der Waals surface area contributed by atoms with E-state index in [2.05, 4.69) is 0 Å². The lowest BCUT2D eigenvalue weighted by molar-refractivity contribution is -0.121.